The first kappa shape index (κ1) is 13.2. The molecule has 100 valence electrons. The standard InChI is InChI=1S/C14H22N2O2/c1-11(16-8-3-6-15-7-9-16)13-10-12(18-2)4-5-14(13)17/h4-5,10-11,15,17H,3,6-9H2,1-2H3. The van der Waals surface area contributed by atoms with E-state index in [2.05, 4.69) is 17.1 Å². The Morgan fingerprint density at radius 2 is 2.17 bits per heavy atom. The summed E-state index contributed by atoms with van der Waals surface area (Å²) < 4.78 is 5.23. The number of hydrogen-bond donors (Lipinski definition) is 2. The van der Waals surface area contributed by atoms with E-state index in [-0.39, 0.29) is 6.04 Å². The SMILES string of the molecule is COc1ccc(O)c(C(C)N2CCCNCC2)c1. The van der Waals surface area contributed by atoms with Gasteiger partial charge >= 0.3 is 0 Å². The number of nitrogens with one attached hydrogen (secondary N) is 1. The van der Waals surface area contributed by atoms with Gasteiger partial charge in [0.25, 0.3) is 0 Å². The predicted molar refractivity (Wildman–Crippen MR) is 72.1 cm³/mol. The second kappa shape index (κ2) is 6.07. The Bertz CT molecular complexity index is 387. The van der Waals surface area contributed by atoms with E-state index in [9.17, 15) is 5.11 Å². The number of phenolic OH excluding ortho intramolecular Hbond substituents is 1. The molecule has 0 aliphatic carbocycles. The molecule has 4 heteroatoms. The van der Waals surface area contributed by atoms with Crippen LogP contribution >= 0.6 is 0 Å². The monoisotopic (exact) mass is 250 g/mol. The van der Waals surface area contributed by atoms with Crippen molar-refractivity contribution in [2.75, 3.05) is 33.3 Å². The highest BCUT2D eigenvalue weighted by atomic mass is 16.5. The second-order valence-corrected chi connectivity index (χ2v) is 4.74. The highest BCUT2D eigenvalue weighted by Gasteiger charge is 2.20. The van der Waals surface area contributed by atoms with Gasteiger partial charge in [0.15, 0.2) is 0 Å². The molecule has 4 nitrogen and oxygen atoms in total. The van der Waals surface area contributed by atoms with Crippen molar-refractivity contribution in [3.8, 4) is 11.5 Å². The quantitative estimate of drug-likeness (QED) is 0.858. The molecule has 1 aromatic rings. The molecule has 18 heavy (non-hydrogen) atoms. The van der Waals surface area contributed by atoms with Gasteiger partial charge in [-0.3, -0.25) is 4.90 Å². The lowest BCUT2D eigenvalue weighted by atomic mass is 10.0. The molecule has 1 aromatic carbocycles. The van der Waals surface area contributed by atoms with E-state index >= 15 is 0 Å². The molecule has 1 aliphatic rings. The molecule has 0 aromatic heterocycles. The maximum atomic E-state index is 10.0. The molecule has 0 saturated carbocycles. The first-order valence-electron chi connectivity index (χ1n) is 6.54. The summed E-state index contributed by atoms with van der Waals surface area (Å²) in [4.78, 5) is 2.40. The van der Waals surface area contributed by atoms with Gasteiger partial charge < -0.3 is 15.2 Å². The third kappa shape index (κ3) is 2.94. The van der Waals surface area contributed by atoms with Crippen LogP contribution in [-0.4, -0.2) is 43.3 Å². The Morgan fingerprint density at radius 3 is 2.94 bits per heavy atom. The van der Waals surface area contributed by atoms with Gasteiger partial charge in [0.05, 0.1) is 7.11 Å². The van der Waals surface area contributed by atoms with E-state index in [1.54, 1.807) is 19.2 Å². The summed E-state index contributed by atoms with van der Waals surface area (Å²) >= 11 is 0. The molecule has 1 fully saturated rings. The van der Waals surface area contributed by atoms with E-state index in [4.69, 9.17) is 4.74 Å². The Labute approximate surface area is 109 Å². The molecule has 0 radical (unpaired) electrons. The van der Waals surface area contributed by atoms with Gasteiger partial charge in [-0.25, -0.2) is 0 Å². The molecule has 0 bridgehead atoms. The minimum absolute atomic E-state index is 0.208. The molecule has 2 N–H and O–H groups in total. The number of rotatable bonds is 3. The maximum Gasteiger partial charge on any atom is 0.120 e. The zero-order valence-electron chi connectivity index (χ0n) is 11.1. The summed E-state index contributed by atoms with van der Waals surface area (Å²) in [6, 6.07) is 5.63. The lowest BCUT2D eigenvalue weighted by Crippen LogP contribution is -2.30. The summed E-state index contributed by atoms with van der Waals surface area (Å²) in [6.45, 7) is 6.30. The van der Waals surface area contributed by atoms with Gasteiger partial charge in [-0.2, -0.15) is 0 Å². The van der Waals surface area contributed by atoms with Gasteiger partial charge in [-0.15, -0.1) is 0 Å². The largest absolute Gasteiger partial charge is 0.508 e. The molecule has 0 spiro atoms. The van der Waals surface area contributed by atoms with E-state index in [0.29, 0.717) is 5.75 Å². The second-order valence-electron chi connectivity index (χ2n) is 4.74. The van der Waals surface area contributed by atoms with Gasteiger partial charge in [0.1, 0.15) is 11.5 Å². The van der Waals surface area contributed by atoms with Crippen LogP contribution in [0.2, 0.25) is 0 Å². The molecule has 0 amide bonds. The number of hydrogen-bond acceptors (Lipinski definition) is 4. The Hall–Kier alpha value is -1.26. The minimum atomic E-state index is 0.208. The van der Waals surface area contributed by atoms with Crippen molar-refractivity contribution in [2.45, 2.75) is 19.4 Å². The van der Waals surface area contributed by atoms with Crippen LogP contribution in [-0.2, 0) is 0 Å². The number of benzene rings is 1. The minimum Gasteiger partial charge on any atom is -0.508 e. The third-order valence-electron chi connectivity index (χ3n) is 3.61. The van der Waals surface area contributed by atoms with Crippen molar-refractivity contribution in [3.63, 3.8) is 0 Å². The molecule has 1 atom stereocenters. The molecular weight excluding hydrogens is 228 g/mol. The molecule has 1 heterocycles. The highest BCUT2D eigenvalue weighted by molar-refractivity contribution is 5.41. The number of nitrogens with zero attached hydrogens (tertiary/aromatic N) is 1. The van der Waals surface area contributed by atoms with Crippen LogP contribution < -0.4 is 10.1 Å². The number of phenols is 1. The van der Waals surface area contributed by atoms with E-state index in [1.165, 1.54) is 0 Å². The highest BCUT2D eigenvalue weighted by Crippen LogP contribution is 2.31. The van der Waals surface area contributed by atoms with Crippen LogP contribution in [0.15, 0.2) is 18.2 Å². The fourth-order valence-electron chi connectivity index (χ4n) is 2.44. The number of methoxy groups -OCH3 is 1. The summed E-state index contributed by atoms with van der Waals surface area (Å²) in [7, 11) is 1.65. The molecule has 1 unspecified atom stereocenters. The van der Waals surface area contributed by atoms with Gasteiger partial charge in [0, 0.05) is 24.7 Å². The lowest BCUT2D eigenvalue weighted by Gasteiger charge is -2.28. The average molecular weight is 250 g/mol. The summed E-state index contributed by atoms with van der Waals surface area (Å²) in [5.41, 5.74) is 0.941. The van der Waals surface area contributed by atoms with Crippen LogP contribution in [0.25, 0.3) is 0 Å². The zero-order chi connectivity index (χ0) is 13.0. The fraction of sp³-hybridized carbons (Fsp3) is 0.571. The first-order valence-corrected chi connectivity index (χ1v) is 6.54. The van der Waals surface area contributed by atoms with Crippen LogP contribution in [0, 0.1) is 0 Å². The summed E-state index contributed by atoms with van der Waals surface area (Å²) in [5, 5.41) is 13.4. The predicted octanol–water partition coefficient (Wildman–Crippen LogP) is 1.76. The van der Waals surface area contributed by atoms with Crippen molar-refractivity contribution < 1.29 is 9.84 Å². The van der Waals surface area contributed by atoms with E-state index in [0.717, 1.165) is 43.9 Å². The van der Waals surface area contributed by atoms with Crippen molar-refractivity contribution in [2.24, 2.45) is 0 Å². The van der Waals surface area contributed by atoms with Crippen LogP contribution in [0.3, 0.4) is 0 Å². The Kier molecular flexibility index (Phi) is 4.44. The van der Waals surface area contributed by atoms with E-state index in [1.807, 2.05) is 6.07 Å². The van der Waals surface area contributed by atoms with Crippen LogP contribution in [0.4, 0.5) is 0 Å². The van der Waals surface area contributed by atoms with E-state index < -0.39 is 0 Å². The molecule has 2 rings (SSSR count). The van der Waals surface area contributed by atoms with Gasteiger partial charge in [-0.1, -0.05) is 0 Å². The van der Waals surface area contributed by atoms with Crippen molar-refractivity contribution in [3.05, 3.63) is 23.8 Å². The third-order valence-corrected chi connectivity index (χ3v) is 3.61. The van der Waals surface area contributed by atoms with Crippen LogP contribution in [0.5, 0.6) is 11.5 Å². The number of ether oxygens (including phenoxy) is 1. The Balaban J connectivity index is 2.18. The van der Waals surface area contributed by atoms with Crippen molar-refractivity contribution >= 4 is 0 Å². The number of aromatic hydroxyl groups is 1. The maximum absolute atomic E-state index is 10.0. The Morgan fingerprint density at radius 1 is 1.33 bits per heavy atom. The van der Waals surface area contributed by atoms with Gasteiger partial charge in [0.2, 0.25) is 0 Å². The van der Waals surface area contributed by atoms with Crippen molar-refractivity contribution in [1.29, 1.82) is 0 Å². The average Bonchev–Trinajstić information content (AvgIpc) is 2.67. The first-order chi connectivity index (χ1) is 8.72. The molecular formula is C14H22N2O2. The summed E-state index contributed by atoms with van der Waals surface area (Å²) in [6.07, 6.45) is 1.15. The van der Waals surface area contributed by atoms with Crippen molar-refractivity contribution in [1.82, 2.24) is 10.2 Å². The summed E-state index contributed by atoms with van der Waals surface area (Å²) in [5.74, 6) is 1.14. The topological polar surface area (TPSA) is 44.7 Å². The lowest BCUT2D eigenvalue weighted by molar-refractivity contribution is 0.221. The molecule has 1 aliphatic heterocycles. The smallest absolute Gasteiger partial charge is 0.120 e. The molecule has 1 saturated heterocycles. The van der Waals surface area contributed by atoms with Crippen LogP contribution in [0.1, 0.15) is 24.9 Å². The normalized spacial score (nSPS) is 19.2. The fourth-order valence-corrected chi connectivity index (χ4v) is 2.44. The zero-order valence-corrected chi connectivity index (χ0v) is 11.1. The van der Waals surface area contributed by atoms with Gasteiger partial charge in [-0.05, 0) is 44.6 Å².